The minimum Gasteiger partial charge on any atom is -0.354 e. The van der Waals surface area contributed by atoms with Crippen LogP contribution in [0.3, 0.4) is 0 Å². The third-order valence-electron chi connectivity index (χ3n) is 2.84. The average Bonchev–Trinajstić information content (AvgIpc) is 2.82. The summed E-state index contributed by atoms with van der Waals surface area (Å²) in [6.45, 7) is 0. The van der Waals surface area contributed by atoms with Gasteiger partial charge in [0.1, 0.15) is 0 Å². The highest BCUT2D eigenvalue weighted by molar-refractivity contribution is 5.88. The van der Waals surface area contributed by atoms with E-state index >= 15 is 0 Å². The topological polar surface area (TPSA) is 52.0 Å². The predicted molar refractivity (Wildman–Crippen MR) is 68.5 cm³/mol. The number of aromatic amines is 1. The lowest BCUT2D eigenvalue weighted by molar-refractivity contribution is 1.15. The van der Waals surface area contributed by atoms with Gasteiger partial charge in [-0.3, -0.25) is 0 Å². The van der Waals surface area contributed by atoms with Crippen molar-refractivity contribution in [1.82, 2.24) is 4.98 Å². The van der Waals surface area contributed by atoms with Crippen LogP contribution in [-0.2, 0) is 0 Å². The summed E-state index contributed by atoms with van der Waals surface area (Å²) in [6.07, 6.45) is 0. The van der Waals surface area contributed by atoms with Crippen LogP contribution in [0.15, 0.2) is 59.7 Å². The zero-order chi connectivity index (χ0) is 11.7. The molecule has 0 radical (unpaired) electrons. The van der Waals surface area contributed by atoms with E-state index in [0.717, 1.165) is 16.8 Å². The quantitative estimate of drug-likeness (QED) is 0.599. The maximum atomic E-state index is 7.18. The first kappa shape index (κ1) is 9.78. The number of rotatable bonds is 2. The fourth-order valence-electron chi connectivity index (χ4n) is 2.02. The number of H-pyrrole nitrogens is 1. The molecule has 0 saturated heterocycles. The van der Waals surface area contributed by atoms with Gasteiger partial charge >= 0.3 is 0 Å². The average molecular weight is 221 g/mol. The van der Waals surface area contributed by atoms with E-state index in [1.807, 2.05) is 42.5 Å². The van der Waals surface area contributed by atoms with Crippen molar-refractivity contribution in [3.8, 4) is 11.3 Å². The first-order chi connectivity index (χ1) is 8.38. The standard InChI is InChI=1S/C14H11N3/c15-17-13-8-4-2-6-11(13)14-9-10-5-1-3-7-12(10)16-14/h1-9,15-16H. The molecule has 0 bridgehead atoms. The van der Waals surface area contributed by atoms with Crippen molar-refractivity contribution in [3.05, 3.63) is 54.6 Å². The fourth-order valence-corrected chi connectivity index (χ4v) is 2.02. The van der Waals surface area contributed by atoms with Gasteiger partial charge in [-0.15, -0.1) is 0 Å². The number of aromatic nitrogens is 1. The van der Waals surface area contributed by atoms with Crippen molar-refractivity contribution < 1.29 is 0 Å². The Morgan fingerprint density at radius 2 is 1.71 bits per heavy atom. The zero-order valence-electron chi connectivity index (χ0n) is 9.14. The normalized spacial score (nSPS) is 10.6. The van der Waals surface area contributed by atoms with E-state index in [2.05, 4.69) is 22.2 Å². The number of nitrogens with one attached hydrogen (secondary N) is 2. The molecule has 2 N–H and O–H groups in total. The third-order valence-corrected chi connectivity index (χ3v) is 2.84. The van der Waals surface area contributed by atoms with Crippen molar-refractivity contribution >= 4 is 16.6 Å². The highest BCUT2D eigenvalue weighted by Gasteiger charge is 2.06. The van der Waals surface area contributed by atoms with Crippen LogP contribution in [0.2, 0.25) is 0 Å². The fraction of sp³-hybridized carbons (Fsp3) is 0. The van der Waals surface area contributed by atoms with E-state index < -0.39 is 0 Å². The summed E-state index contributed by atoms with van der Waals surface area (Å²) in [5, 5.41) is 4.72. The van der Waals surface area contributed by atoms with E-state index in [1.165, 1.54) is 5.39 Å². The summed E-state index contributed by atoms with van der Waals surface area (Å²) in [4.78, 5) is 3.34. The van der Waals surface area contributed by atoms with Crippen LogP contribution < -0.4 is 0 Å². The number of hydrogen-bond donors (Lipinski definition) is 2. The van der Waals surface area contributed by atoms with Crippen LogP contribution in [-0.4, -0.2) is 4.98 Å². The Morgan fingerprint density at radius 3 is 2.53 bits per heavy atom. The molecule has 3 rings (SSSR count). The van der Waals surface area contributed by atoms with Crippen LogP contribution in [0.5, 0.6) is 0 Å². The number of fused-ring (bicyclic) bond motifs is 1. The van der Waals surface area contributed by atoms with Gasteiger partial charge < -0.3 is 4.98 Å². The molecule has 1 heterocycles. The Hall–Kier alpha value is -2.42. The summed E-state index contributed by atoms with van der Waals surface area (Å²) < 4.78 is 0. The second kappa shape index (κ2) is 3.87. The van der Waals surface area contributed by atoms with Crippen LogP contribution >= 0.6 is 0 Å². The lowest BCUT2D eigenvalue weighted by atomic mass is 10.1. The number of hydrogen-bond acceptors (Lipinski definition) is 2. The molecule has 0 aliphatic carbocycles. The van der Waals surface area contributed by atoms with Gasteiger partial charge in [0, 0.05) is 22.2 Å². The predicted octanol–water partition coefficient (Wildman–Crippen LogP) is 4.50. The molecule has 0 spiro atoms. The molecule has 0 aliphatic heterocycles. The van der Waals surface area contributed by atoms with E-state index in [1.54, 1.807) is 0 Å². The molecule has 3 aromatic rings. The Labute approximate surface area is 98.6 Å². The van der Waals surface area contributed by atoms with Gasteiger partial charge in [-0.05, 0) is 18.2 Å². The van der Waals surface area contributed by atoms with Crippen molar-refractivity contribution in [2.75, 3.05) is 0 Å². The smallest absolute Gasteiger partial charge is 0.0943 e. The second-order valence-corrected chi connectivity index (χ2v) is 3.90. The Bertz CT molecular complexity index is 650. The summed E-state index contributed by atoms with van der Waals surface area (Å²) >= 11 is 0. The molecule has 0 atom stereocenters. The van der Waals surface area contributed by atoms with Crippen LogP contribution in [0.25, 0.3) is 22.2 Å². The van der Waals surface area contributed by atoms with Crippen molar-refractivity contribution in [2.45, 2.75) is 0 Å². The zero-order valence-corrected chi connectivity index (χ0v) is 9.14. The van der Waals surface area contributed by atoms with Gasteiger partial charge in [0.25, 0.3) is 0 Å². The Kier molecular flexibility index (Phi) is 2.22. The summed E-state index contributed by atoms with van der Waals surface area (Å²) in [6, 6.07) is 17.9. The largest absolute Gasteiger partial charge is 0.354 e. The molecule has 0 fully saturated rings. The molecule has 17 heavy (non-hydrogen) atoms. The maximum Gasteiger partial charge on any atom is 0.0943 e. The lowest BCUT2D eigenvalue weighted by Gasteiger charge is -2.00. The monoisotopic (exact) mass is 221 g/mol. The minimum atomic E-state index is 0.680. The van der Waals surface area contributed by atoms with Crippen molar-refractivity contribution in [2.24, 2.45) is 5.11 Å². The second-order valence-electron chi connectivity index (χ2n) is 3.90. The van der Waals surface area contributed by atoms with Gasteiger partial charge in [-0.25, -0.2) is 5.53 Å². The molecular weight excluding hydrogens is 210 g/mol. The molecule has 0 unspecified atom stereocenters. The van der Waals surface area contributed by atoms with Gasteiger partial charge in [-0.2, -0.15) is 5.11 Å². The van der Waals surface area contributed by atoms with Gasteiger partial charge in [0.2, 0.25) is 0 Å². The molecule has 2 aromatic carbocycles. The van der Waals surface area contributed by atoms with Gasteiger partial charge in [-0.1, -0.05) is 36.4 Å². The highest BCUT2D eigenvalue weighted by atomic mass is 15.0. The first-order valence-electron chi connectivity index (χ1n) is 5.43. The lowest BCUT2D eigenvalue weighted by Crippen LogP contribution is -1.77. The summed E-state index contributed by atoms with van der Waals surface area (Å²) in [5.74, 6) is 0. The van der Waals surface area contributed by atoms with Crippen molar-refractivity contribution in [3.63, 3.8) is 0 Å². The first-order valence-corrected chi connectivity index (χ1v) is 5.43. The van der Waals surface area contributed by atoms with E-state index in [0.29, 0.717) is 5.69 Å². The summed E-state index contributed by atoms with van der Waals surface area (Å²) in [5.41, 5.74) is 10.9. The van der Waals surface area contributed by atoms with Crippen LogP contribution in [0.4, 0.5) is 5.69 Å². The van der Waals surface area contributed by atoms with E-state index in [4.69, 9.17) is 5.53 Å². The molecule has 0 amide bonds. The van der Waals surface area contributed by atoms with Crippen molar-refractivity contribution in [1.29, 1.82) is 5.53 Å². The Morgan fingerprint density at radius 1 is 0.941 bits per heavy atom. The number of benzene rings is 2. The molecule has 3 heteroatoms. The number of nitrogens with zero attached hydrogens (tertiary/aromatic N) is 1. The van der Waals surface area contributed by atoms with E-state index in [-0.39, 0.29) is 0 Å². The van der Waals surface area contributed by atoms with Gasteiger partial charge in [0.05, 0.1) is 5.69 Å². The van der Waals surface area contributed by atoms with Gasteiger partial charge in [0.15, 0.2) is 0 Å². The SMILES string of the molecule is N=Nc1ccccc1-c1cc2ccccc2[nH]1. The van der Waals surface area contributed by atoms with E-state index in [9.17, 15) is 0 Å². The molecule has 0 aliphatic rings. The third kappa shape index (κ3) is 1.61. The molecule has 82 valence electrons. The Balaban J connectivity index is 2.23. The number of para-hydroxylation sites is 2. The summed E-state index contributed by atoms with van der Waals surface area (Å²) in [7, 11) is 0. The minimum absolute atomic E-state index is 0.680. The van der Waals surface area contributed by atoms with Crippen LogP contribution in [0.1, 0.15) is 0 Å². The van der Waals surface area contributed by atoms with Crippen LogP contribution in [0, 0.1) is 5.53 Å². The molecule has 3 nitrogen and oxygen atoms in total. The highest BCUT2D eigenvalue weighted by Crippen LogP contribution is 2.31. The molecular formula is C14H11N3. The molecule has 0 saturated carbocycles. The maximum absolute atomic E-state index is 7.18. The molecule has 1 aromatic heterocycles.